The summed E-state index contributed by atoms with van der Waals surface area (Å²) in [6.45, 7) is 10.6. The van der Waals surface area contributed by atoms with Crippen LogP contribution in [0.25, 0.3) is 0 Å². The highest BCUT2D eigenvalue weighted by Crippen LogP contribution is 2.31. The molecule has 4 atom stereocenters. The highest BCUT2D eigenvalue weighted by atomic mass is 16.6. The molecule has 0 aromatic heterocycles. The van der Waals surface area contributed by atoms with Crippen molar-refractivity contribution >= 4 is 11.9 Å². The summed E-state index contributed by atoms with van der Waals surface area (Å²) in [6, 6.07) is 0. The number of guanidine groups is 1. The molecular formula is C26H45N7O3. The SMILES string of the molecule is CCN1CCN([C@H]2CC(NC3=NC[C@H](CC[C@H]4CC(C(=O)NOC)=C[C@@H](OC)C4)CN3)=CCN2)CC1. The molecule has 3 heterocycles. The van der Waals surface area contributed by atoms with Crippen LogP contribution in [0.15, 0.2) is 28.4 Å². The van der Waals surface area contributed by atoms with Crippen LogP contribution in [0.1, 0.15) is 39.0 Å². The van der Waals surface area contributed by atoms with E-state index in [0.717, 1.165) is 96.0 Å². The van der Waals surface area contributed by atoms with Crippen molar-refractivity contribution in [3.05, 3.63) is 23.4 Å². The van der Waals surface area contributed by atoms with Gasteiger partial charge in [-0.2, -0.15) is 0 Å². The fourth-order valence-electron chi connectivity index (χ4n) is 5.71. The predicted octanol–water partition coefficient (Wildman–Crippen LogP) is 0.801. The number of carbonyl (C=O) groups excluding carboxylic acids is 1. The molecule has 1 aliphatic carbocycles. The molecule has 10 heteroatoms. The molecule has 0 saturated carbocycles. The van der Waals surface area contributed by atoms with E-state index in [1.165, 1.54) is 12.8 Å². The van der Waals surface area contributed by atoms with Crippen LogP contribution in [0.5, 0.6) is 0 Å². The minimum atomic E-state index is -0.165. The van der Waals surface area contributed by atoms with E-state index in [4.69, 9.17) is 14.6 Å². The van der Waals surface area contributed by atoms with Gasteiger partial charge >= 0.3 is 0 Å². The molecule has 4 aliphatic rings. The van der Waals surface area contributed by atoms with Crippen LogP contribution in [0.4, 0.5) is 0 Å². The lowest BCUT2D eigenvalue weighted by molar-refractivity contribution is -0.127. The van der Waals surface area contributed by atoms with Crippen molar-refractivity contribution in [2.45, 2.75) is 51.3 Å². The Morgan fingerprint density at radius 1 is 1.17 bits per heavy atom. The average Bonchev–Trinajstić information content (AvgIpc) is 2.93. The zero-order valence-electron chi connectivity index (χ0n) is 22.2. The number of rotatable bonds is 9. The highest BCUT2D eigenvalue weighted by Gasteiger charge is 2.28. The van der Waals surface area contributed by atoms with Gasteiger partial charge in [-0.1, -0.05) is 13.0 Å². The van der Waals surface area contributed by atoms with E-state index in [1.54, 1.807) is 7.11 Å². The number of hydrogen-bond donors (Lipinski definition) is 4. The monoisotopic (exact) mass is 503 g/mol. The maximum Gasteiger partial charge on any atom is 0.270 e. The molecule has 0 spiro atoms. The van der Waals surface area contributed by atoms with Crippen LogP contribution in [0.2, 0.25) is 0 Å². The number of likely N-dealkylation sites (N-methyl/N-ethyl adjacent to an activating group) is 1. The number of hydrogen-bond acceptors (Lipinski definition) is 9. The van der Waals surface area contributed by atoms with Crippen molar-refractivity contribution in [3.8, 4) is 0 Å². The molecule has 0 radical (unpaired) electrons. The van der Waals surface area contributed by atoms with Gasteiger partial charge in [-0.15, -0.1) is 0 Å². The Balaban J connectivity index is 1.20. The van der Waals surface area contributed by atoms with Crippen LogP contribution in [-0.2, 0) is 14.4 Å². The number of methoxy groups -OCH3 is 1. The molecule has 0 unspecified atom stereocenters. The van der Waals surface area contributed by atoms with Crippen LogP contribution < -0.4 is 21.4 Å². The third-order valence-electron chi connectivity index (χ3n) is 7.99. The summed E-state index contributed by atoms with van der Waals surface area (Å²) in [4.78, 5) is 27.0. The molecule has 1 saturated heterocycles. The predicted molar refractivity (Wildman–Crippen MR) is 141 cm³/mol. The van der Waals surface area contributed by atoms with Gasteiger partial charge in [-0.25, -0.2) is 5.48 Å². The molecule has 36 heavy (non-hydrogen) atoms. The van der Waals surface area contributed by atoms with E-state index in [9.17, 15) is 4.79 Å². The molecule has 4 N–H and O–H groups in total. The Hall–Kier alpha value is -1.98. The Morgan fingerprint density at radius 3 is 2.67 bits per heavy atom. The van der Waals surface area contributed by atoms with Crippen molar-refractivity contribution in [2.24, 2.45) is 16.8 Å². The minimum absolute atomic E-state index is 0.0164. The molecule has 0 aromatic rings. The molecule has 10 nitrogen and oxygen atoms in total. The zero-order valence-corrected chi connectivity index (χ0v) is 22.2. The lowest BCUT2D eigenvalue weighted by atomic mass is 9.82. The fourth-order valence-corrected chi connectivity index (χ4v) is 5.71. The summed E-state index contributed by atoms with van der Waals surface area (Å²) in [5, 5.41) is 10.7. The number of aliphatic imine (C=N–C) groups is 1. The number of carbonyl (C=O) groups is 1. The van der Waals surface area contributed by atoms with Gasteiger partial charge in [-0.05, 0) is 50.1 Å². The topological polar surface area (TPSA) is 102 Å². The third kappa shape index (κ3) is 7.52. The van der Waals surface area contributed by atoms with Crippen molar-refractivity contribution in [1.29, 1.82) is 0 Å². The maximum absolute atomic E-state index is 12.2. The quantitative estimate of drug-likeness (QED) is 0.343. The Bertz CT molecular complexity index is 822. The van der Waals surface area contributed by atoms with Crippen LogP contribution in [0.3, 0.4) is 0 Å². The maximum atomic E-state index is 12.2. The summed E-state index contributed by atoms with van der Waals surface area (Å²) in [5.41, 5.74) is 4.45. The van der Waals surface area contributed by atoms with Gasteiger partial charge in [0.25, 0.3) is 5.91 Å². The van der Waals surface area contributed by atoms with Crippen molar-refractivity contribution in [2.75, 3.05) is 66.6 Å². The number of piperazine rings is 1. The van der Waals surface area contributed by atoms with Gasteiger partial charge in [0.2, 0.25) is 0 Å². The van der Waals surface area contributed by atoms with Crippen molar-refractivity contribution in [3.63, 3.8) is 0 Å². The van der Waals surface area contributed by atoms with Crippen molar-refractivity contribution < 1.29 is 14.4 Å². The first-order chi connectivity index (χ1) is 17.6. The zero-order chi connectivity index (χ0) is 25.3. The second-order valence-electron chi connectivity index (χ2n) is 10.4. The first-order valence-corrected chi connectivity index (χ1v) is 13.6. The van der Waals surface area contributed by atoms with E-state index in [2.05, 4.69) is 44.2 Å². The molecule has 202 valence electrons. The molecule has 0 aromatic carbocycles. The van der Waals surface area contributed by atoms with Gasteiger partial charge < -0.3 is 20.3 Å². The van der Waals surface area contributed by atoms with E-state index in [1.807, 2.05) is 6.08 Å². The van der Waals surface area contributed by atoms with Gasteiger partial charge in [0.05, 0.1) is 19.4 Å². The average molecular weight is 504 g/mol. The van der Waals surface area contributed by atoms with Gasteiger partial charge in [0.1, 0.15) is 0 Å². The second-order valence-corrected chi connectivity index (χ2v) is 10.4. The number of amides is 1. The van der Waals surface area contributed by atoms with E-state index >= 15 is 0 Å². The van der Waals surface area contributed by atoms with Gasteiger partial charge in [0.15, 0.2) is 5.96 Å². The third-order valence-corrected chi connectivity index (χ3v) is 7.99. The van der Waals surface area contributed by atoms with Gasteiger partial charge in [0, 0.05) is 70.6 Å². The summed E-state index contributed by atoms with van der Waals surface area (Å²) in [7, 11) is 3.16. The molecule has 1 fully saturated rings. The normalized spacial score (nSPS) is 30.0. The first kappa shape index (κ1) is 27.1. The number of ether oxygens (including phenoxy) is 1. The summed E-state index contributed by atoms with van der Waals surface area (Å²) in [6.07, 6.45) is 9.40. The Morgan fingerprint density at radius 2 is 1.97 bits per heavy atom. The van der Waals surface area contributed by atoms with Crippen LogP contribution in [-0.4, -0.2) is 101 Å². The second kappa shape index (κ2) is 13.5. The molecular weight excluding hydrogens is 458 g/mol. The fraction of sp³-hybridized carbons (Fsp3) is 0.769. The summed E-state index contributed by atoms with van der Waals surface area (Å²) in [5.74, 6) is 1.66. The summed E-state index contributed by atoms with van der Waals surface area (Å²) >= 11 is 0. The Kier molecular flexibility index (Phi) is 10.2. The number of nitrogens with one attached hydrogen (secondary N) is 4. The number of hydroxylamine groups is 1. The molecule has 1 amide bonds. The molecule has 4 rings (SSSR count). The minimum Gasteiger partial charge on any atom is -0.377 e. The molecule has 0 bridgehead atoms. The lowest BCUT2D eigenvalue weighted by Gasteiger charge is -2.41. The Labute approximate surface area is 215 Å². The van der Waals surface area contributed by atoms with Crippen LogP contribution in [0, 0.1) is 11.8 Å². The number of nitrogens with zero attached hydrogens (tertiary/aromatic N) is 3. The van der Waals surface area contributed by atoms with E-state index < -0.39 is 0 Å². The van der Waals surface area contributed by atoms with Gasteiger partial charge in [-0.3, -0.25) is 24.8 Å². The standard InChI is InChI=1S/C26H45N7O3/c1-4-32-9-11-33(12-10-32)24-16-22(7-8-27-24)30-26-28-17-20(18-29-26)6-5-19-13-21(25(34)31-36-3)15-23(14-19)35-2/h7,15,19-20,23-24,27H,4-6,8-14,16-18H2,1-3H3,(H,31,34)(H2,28,29,30)/t19-,23-,24-/m0/s1. The lowest BCUT2D eigenvalue weighted by Crippen LogP contribution is -2.56. The smallest absolute Gasteiger partial charge is 0.270 e. The summed E-state index contributed by atoms with van der Waals surface area (Å²) < 4.78 is 5.56. The van der Waals surface area contributed by atoms with E-state index in [-0.39, 0.29) is 12.0 Å². The first-order valence-electron chi connectivity index (χ1n) is 13.6. The molecule has 3 aliphatic heterocycles. The largest absolute Gasteiger partial charge is 0.377 e. The van der Waals surface area contributed by atoms with Crippen molar-refractivity contribution in [1.82, 2.24) is 31.2 Å². The van der Waals surface area contributed by atoms with Crippen LogP contribution >= 0.6 is 0 Å². The van der Waals surface area contributed by atoms with E-state index in [0.29, 0.717) is 18.0 Å². The highest BCUT2D eigenvalue weighted by molar-refractivity contribution is 5.92.